The molecule has 0 aromatic rings. The van der Waals surface area contributed by atoms with Gasteiger partial charge in [0, 0.05) is 6.54 Å². The maximum atomic E-state index is 11.6. The third-order valence-electron chi connectivity index (χ3n) is 5.51. The zero-order valence-electron chi connectivity index (χ0n) is 16.2. The number of halogens is 2. The Labute approximate surface area is 183 Å². The van der Waals surface area contributed by atoms with Crippen LogP contribution in [0.5, 0.6) is 0 Å². The van der Waals surface area contributed by atoms with E-state index in [0.717, 1.165) is 65.0 Å². The number of nitrogens with two attached hydrogens (primary N) is 1. The highest BCUT2D eigenvalue weighted by Crippen LogP contribution is 2.35. The number of esters is 1. The Morgan fingerprint density at radius 1 is 1.18 bits per heavy atom. The molecule has 3 rings (SSSR count). The lowest BCUT2D eigenvalue weighted by molar-refractivity contribution is -0.147. The Morgan fingerprint density at radius 2 is 1.82 bits per heavy atom. The molecule has 2 saturated heterocycles. The Morgan fingerprint density at radius 3 is 2.39 bits per heavy atom. The molecule has 11 heteroatoms. The van der Waals surface area contributed by atoms with Crippen LogP contribution in [0.2, 0.25) is 0 Å². The fourth-order valence-electron chi connectivity index (χ4n) is 3.93. The fraction of sp³-hybridized carbons (Fsp3) is 0.824. The molecule has 0 saturated carbocycles. The molecule has 1 unspecified atom stereocenters. The van der Waals surface area contributed by atoms with Gasteiger partial charge in [0.05, 0.1) is 19.6 Å². The van der Waals surface area contributed by atoms with Crippen LogP contribution >= 0.6 is 36.6 Å². The van der Waals surface area contributed by atoms with Crippen LogP contribution in [0, 0.1) is 11.8 Å². The van der Waals surface area contributed by atoms with Gasteiger partial charge in [0.2, 0.25) is 0 Å². The quantitative estimate of drug-likeness (QED) is 0.573. The van der Waals surface area contributed by atoms with Crippen LogP contribution in [0.3, 0.4) is 0 Å². The Balaban J connectivity index is 0.00000196. The minimum Gasteiger partial charge on any atom is -0.469 e. The molecule has 3 N–H and O–H groups in total. The van der Waals surface area contributed by atoms with Gasteiger partial charge in [-0.2, -0.15) is 5.10 Å². The summed E-state index contributed by atoms with van der Waals surface area (Å²) in [5.74, 6) is 0.0186. The predicted octanol–water partition coefficient (Wildman–Crippen LogP) is 0.888. The molecule has 8 nitrogen and oxygen atoms in total. The Hall–Kier alpha value is -0.740. The molecule has 28 heavy (non-hydrogen) atoms. The van der Waals surface area contributed by atoms with Gasteiger partial charge in [-0.15, -0.1) is 24.8 Å². The number of thioether (sulfide) groups is 1. The second-order valence-electron chi connectivity index (χ2n) is 7.17. The van der Waals surface area contributed by atoms with Crippen LogP contribution in [0.15, 0.2) is 5.10 Å². The van der Waals surface area contributed by atoms with Crippen molar-refractivity contribution in [1.29, 1.82) is 0 Å². The average molecular weight is 456 g/mol. The van der Waals surface area contributed by atoms with Crippen LogP contribution in [-0.2, 0) is 14.3 Å². The fourth-order valence-corrected chi connectivity index (χ4v) is 5.16. The minimum absolute atomic E-state index is 0. The van der Waals surface area contributed by atoms with Crippen LogP contribution in [0.4, 0.5) is 0 Å². The molecule has 0 aromatic carbocycles. The summed E-state index contributed by atoms with van der Waals surface area (Å²) in [4.78, 5) is 25.6. The number of methoxy groups -OCH3 is 1. The minimum atomic E-state index is -0.435. The first-order valence-corrected chi connectivity index (χ1v) is 10.3. The van der Waals surface area contributed by atoms with E-state index < -0.39 is 5.91 Å². The monoisotopic (exact) mass is 455 g/mol. The zero-order chi connectivity index (χ0) is 18.5. The number of amides is 1. The zero-order valence-corrected chi connectivity index (χ0v) is 18.6. The molecule has 1 atom stereocenters. The maximum absolute atomic E-state index is 11.6. The first-order valence-electron chi connectivity index (χ1n) is 9.41. The lowest BCUT2D eigenvalue weighted by Gasteiger charge is -2.35. The standard InChI is InChI=1S/C17H29N5O3S.2ClH/c1-25-17(24)13-4-8-21(9-5-13)10-11-22-16(12-2-6-19-7-3-12)26-15(20-22)14(18)23;;/h12-13,16,19H,2-11H2,1H3,(H2,18,23);2*1H. The summed E-state index contributed by atoms with van der Waals surface area (Å²) in [6, 6.07) is 0. The number of primary amides is 1. The van der Waals surface area contributed by atoms with Gasteiger partial charge in [0.25, 0.3) is 5.91 Å². The Kier molecular flexibility index (Phi) is 10.9. The number of carbonyl (C=O) groups excluding carboxylic acids is 2. The van der Waals surface area contributed by atoms with E-state index in [-0.39, 0.29) is 42.1 Å². The summed E-state index contributed by atoms with van der Waals surface area (Å²) in [5.41, 5.74) is 5.46. The summed E-state index contributed by atoms with van der Waals surface area (Å²) >= 11 is 1.52. The number of ether oxygens (including phenoxy) is 1. The van der Waals surface area contributed by atoms with Crippen molar-refractivity contribution in [2.24, 2.45) is 22.7 Å². The molecule has 162 valence electrons. The number of hydrogen-bond donors (Lipinski definition) is 2. The maximum Gasteiger partial charge on any atom is 0.308 e. The van der Waals surface area contributed by atoms with E-state index in [1.165, 1.54) is 18.9 Å². The van der Waals surface area contributed by atoms with E-state index in [1.807, 2.05) is 0 Å². The normalized spacial score (nSPS) is 24.1. The molecule has 3 heterocycles. The first kappa shape index (κ1) is 25.3. The molecule has 0 radical (unpaired) electrons. The summed E-state index contributed by atoms with van der Waals surface area (Å²) in [6.45, 7) is 5.48. The lowest BCUT2D eigenvalue weighted by atomic mass is 9.97. The summed E-state index contributed by atoms with van der Waals surface area (Å²) in [7, 11) is 1.45. The molecule has 0 bridgehead atoms. The number of piperidine rings is 2. The molecule has 0 spiro atoms. The van der Waals surface area contributed by atoms with Gasteiger partial charge < -0.3 is 20.7 Å². The van der Waals surface area contributed by atoms with Crippen LogP contribution in [0.25, 0.3) is 0 Å². The molecule has 0 aromatic heterocycles. The second kappa shape index (κ2) is 12.1. The van der Waals surface area contributed by atoms with Crippen molar-refractivity contribution in [1.82, 2.24) is 15.2 Å². The summed E-state index contributed by atoms with van der Waals surface area (Å²) in [6.07, 6.45) is 3.88. The van der Waals surface area contributed by atoms with Gasteiger partial charge in [-0.25, -0.2) is 0 Å². The van der Waals surface area contributed by atoms with E-state index in [1.54, 1.807) is 0 Å². The van der Waals surface area contributed by atoms with Crippen molar-refractivity contribution in [3.8, 4) is 0 Å². The largest absolute Gasteiger partial charge is 0.469 e. The van der Waals surface area contributed by atoms with Gasteiger partial charge in [-0.3, -0.25) is 14.6 Å². The highest BCUT2D eigenvalue weighted by molar-refractivity contribution is 8.16. The highest BCUT2D eigenvalue weighted by Gasteiger charge is 2.36. The van der Waals surface area contributed by atoms with Crippen LogP contribution < -0.4 is 11.1 Å². The lowest BCUT2D eigenvalue weighted by Crippen LogP contribution is -2.43. The first-order chi connectivity index (χ1) is 12.6. The SMILES string of the molecule is COC(=O)C1CCN(CCN2N=C(C(N)=O)SC2C2CCNCC2)CC1.Cl.Cl. The van der Waals surface area contributed by atoms with Gasteiger partial charge in [0.15, 0.2) is 5.04 Å². The van der Waals surface area contributed by atoms with Crippen molar-refractivity contribution < 1.29 is 14.3 Å². The molecule has 3 aliphatic rings. The number of rotatable bonds is 6. The number of hydrogen-bond acceptors (Lipinski definition) is 8. The number of carbonyl (C=O) groups is 2. The topological polar surface area (TPSA) is 100 Å². The summed E-state index contributed by atoms with van der Waals surface area (Å²) in [5, 5.41) is 10.6. The van der Waals surface area contributed by atoms with E-state index in [9.17, 15) is 9.59 Å². The van der Waals surface area contributed by atoms with Crippen molar-refractivity contribution in [3.05, 3.63) is 0 Å². The molecular formula is C17H31Cl2N5O3S. The van der Waals surface area contributed by atoms with Crippen molar-refractivity contribution >= 4 is 53.5 Å². The molecular weight excluding hydrogens is 425 g/mol. The second-order valence-corrected chi connectivity index (χ2v) is 8.27. The van der Waals surface area contributed by atoms with E-state index in [2.05, 4.69) is 20.3 Å². The van der Waals surface area contributed by atoms with E-state index in [0.29, 0.717) is 11.0 Å². The molecule has 3 aliphatic heterocycles. The van der Waals surface area contributed by atoms with E-state index >= 15 is 0 Å². The van der Waals surface area contributed by atoms with Crippen LogP contribution in [-0.4, -0.2) is 78.6 Å². The van der Waals surface area contributed by atoms with Crippen molar-refractivity contribution in [3.63, 3.8) is 0 Å². The van der Waals surface area contributed by atoms with Gasteiger partial charge in [0.1, 0.15) is 5.37 Å². The van der Waals surface area contributed by atoms with Gasteiger partial charge >= 0.3 is 5.97 Å². The number of nitrogens with zero attached hydrogens (tertiary/aromatic N) is 3. The van der Waals surface area contributed by atoms with Crippen molar-refractivity contribution in [2.45, 2.75) is 31.1 Å². The third-order valence-corrected chi connectivity index (χ3v) is 6.89. The molecule has 2 fully saturated rings. The number of likely N-dealkylation sites (tertiary alicyclic amines) is 1. The third kappa shape index (κ3) is 6.38. The summed E-state index contributed by atoms with van der Waals surface area (Å²) < 4.78 is 4.85. The molecule has 0 aliphatic carbocycles. The Bertz CT molecular complexity index is 555. The highest BCUT2D eigenvalue weighted by atomic mass is 35.5. The van der Waals surface area contributed by atoms with Gasteiger partial charge in [-0.05, 0) is 57.8 Å². The average Bonchev–Trinajstić information content (AvgIpc) is 3.11. The smallest absolute Gasteiger partial charge is 0.308 e. The number of hydrazone groups is 1. The van der Waals surface area contributed by atoms with E-state index in [4.69, 9.17) is 10.5 Å². The predicted molar refractivity (Wildman–Crippen MR) is 116 cm³/mol. The molecule has 1 amide bonds. The number of nitrogens with one attached hydrogen (secondary N) is 1. The van der Waals surface area contributed by atoms with Crippen molar-refractivity contribution in [2.75, 3.05) is 46.4 Å². The van der Waals surface area contributed by atoms with Gasteiger partial charge in [-0.1, -0.05) is 11.8 Å². The van der Waals surface area contributed by atoms with Crippen LogP contribution in [0.1, 0.15) is 25.7 Å².